The summed E-state index contributed by atoms with van der Waals surface area (Å²) in [6, 6.07) is 2.96. The van der Waals surface area contributed by atoms with Gasteiger partial charge in [-0.05, 0) is 25.5 Å². The first-order chi connectivity index (χ1) is 11.6. The highest BCUT2D eigenvalue weighted by atomic mass is 35.5. The van der Waals surface area contributed by atoms with E-state index in [1.165, 1.54) is 12.1 Å². The third-order valence-corrected chi connectivity index (χ3v) is 4.90. The Balaban J connectivity index is 0.00000225. The molecule has 0 spiro atoms. The monoisotopic (exact) mass is 374 g/mol. The molecule has 2 fully saturated rings. The smallest absolute Gasteiger partial charge is 0.239 e. The summed E-state index contributed by atoms with van der Waals surface area (Å²) in [5.74, 6) is -1.22. The van der Waals surface area contributed by atoms with Crippen molar-refractivity contribution in [2.24, 2.45) is 5.92 Å². The van der Waals surface area contributed by atoms with Gasteiger partial charge in [0.15, 0.2) is 0 Å². The first kappa shape index (κ1) is 20.0. The van der Waals surface area contributed by atoms with E-state index in [0.29, 0.717) is 12.0 Å². The Bertz CT molecular complexity index is 604. The van der Waals surface area contributed by atoms with Gasteiger partial charge >= 0.3 is 0 Å². The normalized spacial score (nSPS) is 26.4. The van der Waals surface area contributed by atoms with Crippen LogP contribution in [0, 0.1) is 17.6 Å². The maximum absolute atomic E-state index is 14.1. The van der Waals surface area contributed by atoms with Crippen molar-refractivity contribution in [3.05, 3.63) is 35.4 Å². The molecule has 2 saturated heterocycles. The Hall–Kier alpha value is -1.28. The molecule has 0 saturated carbocycles. The minimum atomic E-state index is -0.622. The van der Waals surface area contributed by atoms with Gasteiger partial charge in [-0.15, -0.1) is 12.4 Å². The van der Waals surface area contributed by atoms with E-state index in [0.717, 1.165) is 32.0 Å². The van der Waals surface area contributed by atoms with Gasteiger partial charge in [-0.25, -0.2) is 14.2 Å². The van der Waals surface area contributed by atoms with Crippen LogP contribution in [0.4, 0.5) is 8.78 Å². The van der Waals surface area contributed by atoms with E-state index in [2.05, 4.69) is 21.5 Å². The Morgan fingerprint density at radius 2 is 2.16 bits per heavy atom. The second-order valence-electron chi connectivity index (χ2n) is 6.55. The summed E-state index contributed by atoms with van der Waals surface area (Å²) in [7, 11) is 0. The molecule has 4 atom stereocenters. The third kappa shape index (κ3) is 4.47. The van der Waals surface area contributed by atoms with Gasteiger partial charge < -0.3 is 10.6 Å². The number of fused-ring (bicyclic) bond motifs is 1. The van der Waals surface area contributed by atoms with Crippen LogP contribution in [-0.2, 0) is 4.79 Å². The predicted molar refractivity (Wildman–Crippen MR) is 94.2 cm³/mol. The summed E-state index contributed by atoms with van der Waals surface area (Å²) in [4.78, 5) is 12.7. The number of nitrogens with one attached hydrogen (secondary N) is 4. The zero-order valence-electron chi connectivity index (χ0n) is 14.1. The summed E-state index contributed by atoms with van der Waals surface area (Å²) in [6.45, 7) is 3.67. The number of piperidine rings is 1. The van der Waals surface area contributed by atoms with Crippen LogP contribution in [0.25, 0.3) is 0 Å². The molecule has 4 unspecified atom stereocenters. The van der Waals surface area contributed by atoms with Crippen molar-refractivity contribution in [1.29, 1.82) is 0 Å². The molecule has 0 aliphatic carbocycles. The Morgan fingerprint density at radius 3 is 2.88 bits per heavy atom. The summed E-state index contributed by atoms with van der Waals surface area (Å²) in [6.07, 6.45) is 2.35. The molecule has 1 amide bonds. The van der Waals surface area contributed by atoms with Crippen LogP contribution in [0.2, 0.25) is 0 Å². The lowest BCUT2D eigenvalue weighted by Gasteiger charge is -2.28. The summed E-state index contributed by atoms with van der Waals surface area (Å²) in [5, 5.41) is 6.24. The standard InChI is InChI=1S/C17H24F2N4O.ClH/c1-2-3-14(11-5-4-10(18)8-13(11)19)21-17(24)16-12-9-20-7-6-15(12)22-23-16;/h4-5,8,12,14-16,20,22-23H,2-3,6-7,9H2,1H3,(H,21,24);1H. The highest BCUT2D eigenvalue weighted by Crippen LogP contribution is 2.25. The molecule has 2 heterocycles. The molecule has 1 aromatic carbocycles. The number of carbonyl (C=O) groups excluding carboxylic acids is 1. The van der Waals surface area contributed by atoms with Gasteiger partial charge in [0, 0.05) is 30.1 Å². The molecule has 3 rings (SSSR count). The van der Waals surface area contributed by atoms with Gasteiger partial charge in [0.25, 0.3) is 0 Å². The van der Waals surface area contributed by atoms with Crippen molar-refractivity contribution in [1.82, 2.24) is 21.5 Å². The van der Waals surface area contributed by atoms with Gasteiger partial charge in [-0.1, -0.05) is 19.4 Å². The fourth-order valence-electron chi connectivity index (χ4n) is 3.62. The molecule has 2 aliphatic heterocycles. The summed E-state index contributed by atoms with van der Waals surface area (Å²) in [5.41, 5.74) is 6.57. The summed E-state index contributed by atoms with van der Waals surface area (Å²) < 4.78 is 27.2. The molecule has 0 radical (unpaired) electrons. The maximum atomic E-state index is 14.1. The highest BCUT2D eigenvalue weighted by Gasteiger charge is 2.41. The van der Waals surface area contributed by atoms with Crippen LogP contribution in [0.1, 0.15) is 37.8 Å². The van der Waals surface area contributed by atoms with Crippen molar-refractivity contribution in [2.45, 2.75) is 44.3 Å². The molecule has 140 valence electrons. The molecular formula is C17H25ClF2N4O. The van der Waals surface area contributed by atoms with Gasteiger partial charge in [-0.2, -0.15) is 0 Å². The second-order valence-corrected chi connectivity index (χ2v) is 6.55. The molecule has 5 nitrogen and oxygen atoms in total. The van der Waals surface area contributed by atoms with E-state index in [9.17, 15) is 13.6 Å². The lowest BCUT2D eigenvalue weighted by molar-refractivity contribution is -0.124. The zero-order valence-corrected chi connectivity index (χ0v) is 15.0. The lowest BCUT2D eigenvalue weighted by atomic mass is 9.88. The number of benzene rings is 1. The number of rotatable bonds is 5. The number of carbonyl (C=O) groups is 1. The van der Waals surface area contributed by atoms with E-state index in [-0.39, 0.29) is 36.3 Å². The van der Waals surface area contributed by atoms with Gasteiger partial charge in [-0.3, -0.25) is 10.2 Å². The SMILES string of the molecule is CCCC(NC(=O)C1NNC2CCNCC21)c1ccc(F)cc1F.Cl. The van der Waals surface area contributed by atoms with Crippen molar-refractivity contribution < 1.29 is 13.6 Å². The van der Waals surface area contributed by atoms with Crippen molar-refractivity contribution >= 4 is 18.3 Å². The molecule has 0 bridgehead atoms. The van der Waals surface area contributed by atoms with Crippen LogP contribution in [0.15, 0.2) is 18.2 Å². The second kappa shape index (κ2) is 8.89. The van der Waals surface area contributed by atoms with Crippen LogP contribution < -0.4 is 21.5 Å². The quantitative estimate of drug-likeness (QED) is 0.634. The van der Waals surface area contributed by atoms with Crippen molar-refractivity contribution in [2.75, 3.05) is 13.1 Å². The van der Waals surface area contributed by atoms with Crippen LogP contribution in [0.3, 0.4) is 0 Å². The van der Waals surface area contributed by atoms with Crippen molar-refractivity contribution in [3.63, 3.8) is 0 Å². The van der Waals surface area contributed by atoms with E-state index >= 15 is 0 Å². The first-order valence-corrected chi connectivity index (χ1v) is 8.57. The van der Waals surface area contributed by atoms with Gasteiger partial charge in [0.05, 0.1) is 6.04 Å². The molecule has 1 aromatic rings. The Labute approximate surface area is 152 Å². The number of amides is 1. The van der Waals surface area contributed by atoms with E-state index < -0.39 is 17.7 Å². The molecule has 25 heavy (non-hydrogen) atoms. The summed E-state index contributed by atoms with van der Waals surface area (Å²) >= 11 is 0. The number of halogens is 3. The van der Waals surface area contributed by atoms with Crippen molar-refractivity contribution in [3.8, 4) is 0 Å². The first-order valence-electron chi connectivity index (χ1n) is 8.57. The van der Waals surface area contributed by atoms with E-state index in [4.69, 9.17) is 0 Å². The average Bonchev–Trinajstić information content (AvgIpc) is 2.98. The Morgan fingerprint density at radius 1 is 1.36 bits per heavy atom. The maximum Gasteiger partial charge on any atom is 0.239 e. The van der Waals surface area contributed by atoms with Crippen LogP contribution in [0.5, 0.6) is 0 Å². The zero-order chi connectivity index (χ0) is 17.1. The average molecular weight is 375 g/mol. The van der Waals surface area contributed by atoms with Gasteiger partial charge in [0.2, 0.25) is 5.91 Å². The number of hydrogen-bond donors (Lipinski definition) is 4. The highest BCUT2D eigenvalue weighted by molar-refractivity contribution is 5.85. The lowest BCUT2D eigenvalue weighted by Crippen LogP contribution is -2.50. The van der Waals surface area contributed by atoms with E-state index in [1.54, 1.807) is 0 Å². The van der Waals surface area contributed by atoms with Crippen LogP contribution in [-0.4, -0.2) is 31.1 Å². The third-order valence-electron chi connectivity index (χ3n) is 4.90. The molecule has 2 aliphatic rings. The minimum absolute atomic E-state index is 0. The van der Waals surface area contributed by atoms with Crippen LogP contribution >= 0.6 is 12.4 Å². The molecular weight excluding hydrogens is 350 g/mol. The molecule has 8 heteroatoms. The number of hydrogen-bond acceptors (Lipinski definition) is 4. The molecule has 4 N–H and O–H groups in total. The number of hydrazine groups is 1. The minimum Gasteiger partial charge on any atom is -0.348 e. The molecule has 0 aromatic heterocycles. The fourth-order valence-corrected chi connectivity index (χ4v) is 3.62. The Kier molecular flexibility index (Phi) is 7.13. The van der Waals surface area contributed by atoms with E-state index in [1.807, 2.05) is 6.92 Å². The topological polar surface area (TPSA) is 65.2 Å². The largest absolute Gasteiger partial charge is 0.348 e. The predicted octanol–water partition coefficient (Wildman–Crippen LogP) is 1.80. The fraction of sp³-hybridized carbons (Fsp3) is 0.588. The van der Waals surface area contributed by atoms with Gasteiger partial charge in [0.1, 0.15) is 17.7 Å².